The minimum absolute atomic E-state index is 0.180. The number of aliphatic carboxylic acids is 1. The van der Waals surface area contributed by atoms with E-state index in [2.05, 4.69) is 43.9 Å². The van der Waals surface area contributed by atoms with E-state index in [1.807, 2.05) is 12.3 Å². The lowest BCUT2D eigenvalue weighted by atomic mass is 9.48. The maximum atomic E-state index is 12.1. The fraction of sp³-hybridized carbons (Fsp3) is 0.708. The minimum Gasteiger partial charge on any atom is -0.481 e. The molecule has 1 aromatic heterocycles. The van der Waals surface area contributed by atoms with Crippen molar-refractivity contribution in [2.45, 2.75) is 57.5 Å². The first-order chi connectivity index (χ1) is 16.2. The lowest BCUT2D eigenvalue weighted by Crippen LogP contribution is -2.66. The van der Waals surface area contributed by atoms with Crippen LogP contribution >= 0.6 is 11.6 Å². The summed E-state index contributed by atoms with van der Waals surface area (Å²) in [6, 6.07) is 2.05. The molecule has 0 amide bonds. The number of piperazine rings is 1. The molecule has 9 nitrogen and oxygen atoms in total. The lowest BCUT2D eigenvalue weighted by molar-refractivity contribution is -0.166. The van der Waals surface area contributed by atoms with Gasteiger partial charge in [0.05, 0.1) is 11.0 Å². The second-order valence-corrected chi connectivity index (χ2v) is 11.3. The topological polar surface area (TPSA) is 118 Å². The third-order valence-corrected chi connectivity index (χ3v) is 8.96. The van der Waals surface area contributed by atoms with Crippen molar-refractivity contribution < 1.29 is 9.90 Å². The van der Waals surface area contributed by atoms with E-state index in [1.54, 1.807) is 6.20 Å². The smallest absolute Gasteiger partial charge is 0.309 e. The molecule has 1 saturated heterocycles. The number of anilines is 1. The molecule has 182 valence electrons. The standard InChI is InChI=1S/C24H32ClN7O2/c1-23(2,32-7-5-31(6-8-32)18-3-4-27-22(25)29-18)20(28-14-26)30-19-16-9-15-10-17(19)13-24(11-15,12-16)21(33)34/h3-4,15-17,19H,5-13H2,1-2H3,(H,28,30)(H,33,34). The van der Waals surface area contributed by atoms with Gasteiger partial charge in [-0.3, -0.25) is 9.69 Å². The summed E-state index contributed by atoms with van der Waals surface area (Å²) in [6.07, 6.45) is 8.12. The van der Waals surface area contributed by atoms with Crippen LogP contribution in [0, 0.1) is 34.6 Å². The summed E-state index contributed by atoms with van der Waals surface area (Å²) in [6.45, 7) is 7.39. The number of hydrogen-bond donors (Lipinski definition) is 2. The number of aliphatic imine (C=N–C) groups is 1. The predicted octanol–water partition coefficient (Wildman–Crippen LogP) is 2.78. The fourth-order valence-electron chi connectivity index (χ4n) is 7.22. The van der Waals surface area contributed by atoms with E-state index in [0.717, 1.165) is 64.1 Å². The molecule has 2 N–H and O–H groups in total. The van der Waals surface area contributed by atoms with Crippen LogP contribution in [0.4, 0.5) is 5.82 Å². The van der Waals surface area contributed by atoms with Crippen molar-refractivity contribution >= 4 is 29.2 Å². The van der Waals surface area contributed by atoms with Crippen LogP contribution in [0.2, 0.25) is 5.28 Å². The Kier molecular flexibility index (Phi) is 5.93. The Bertz CT molecular complexity index is 1010. The van der Waals surface area contributed by atoms with Gasteiger partial charge in [-0.25, -0.2) is 9.97 Å². The fourth-order valence-corrected chi connectivity index (χ4v) is 7.36. The van der Waals surface area contributed by atoms with Crippen LogP contribution in [0.25, 0.3) is 0 Å². The quantitative estimate of drug-likeness (QED) is 0.283. The summed E-state index contributed by atoms with van der Waals surface area (Å²) < 4.78 is 0. The van der Waals surface area contributed by atoms with E-state index in [4.69, 9.17) is 11.6 Å². The number of amidine groups is 1. The van der Waals surface area contributed by atoms with Crippen LogP contribution in [-0.4, -0.2) is 69.5 Å². The van der Waals surface area contributed by atoms with E-state index in [-0.39, 0.29) is 11.3 Å². The zero-order valence-corrected chi connectivity index (χ0v) is 20.5. The van der Waals surface area contributed by atoms with Crippen molar-refractivity contribution in [2.75, 3.05) is 31.1 Å². The number of carboxylic acid groups (broad SMARTS) is 1. The Labute approximate surface area is 205 Å². The molecule has 0 radical (unpaired) electrons. The van der Waals surface area contributed by atoms with Crippen LogP contribution in [0.1, 0.15) is 46.0 Å². The third-order valence-electron chi connectivity index (χ3n) is 8.78. The number of hydrogen-bond acceptors (Lipinski definition) is 7. The molecule has 2 unspecified atom stereocenters. The van der Waals surface area contributed by atoms with Crippen molar-refractivity contribution in [1.82, 2.24) is 20.2 Å². The number of halogens is 1. The van der Waals surface area contributed by atoms with E-state index in [0.29, 0.717) is 23.6 Å². The highest BCUT2D eigenvalue weighted by Crippen LogP contribution is 2.60. The number of rotatable bonds is 5. The molecule has 4 aliphatic carbocycles. The largest absolute Gasteiger partial charge is 0.481 e. The van der Waals surface area contributed by atoms with Gasteiger partial charge < -0.3 is 15.3 Å². The van der Waals surface area contributed by atoms with Crippen LogP contribution in [0.15, 0.2) is 17.3 Å². The van der Waals surface area contributed by atoms with Crippen LogP contribution in [0.3, 0.4) is 0 Å². The molecule has 6 rings (SSSR count). The molecule has 1 aliphatic heterocycles. The first-order valence-corrected chi connectivity index (χ1v) is 12.6. The molecule has 10 heteroatoms. The molecule has 0 aromatic carbocycles. The molecule has 2 atom stereocenters. The number of carboxylic acids is 1. The molecule has 34 heavy (non-hydrogen) atoms. The molecule has 0 spiro atoms. The third kappa shape index (κ3) is 4.01. The molecule has 1 aromatic rings. The number of nitriles is 1. The van der Waals surface area contributed by atoms with Crippen molar-refractivity contribution in [3.8, 4) is 6.19 Å². The normalized spacial score (nSPS) is 33.6. The highest BCUT2D eigenvalue weighted by atomic mass is 35.5. The Morgan fingerprint density at radius 1 is 1.26 bits per heavy atom. The molecule has 4 saturated carbocycles. The summed E-state index contributed by atoms with van der Waals surface area (Å²) >= 11 is 5.97. The Balaban J connectivity index is 1.29. The van der Waals surface area contributed by atoms with E-state index in [9.17, 15) is 15.2 Å². The van der Waals surface area contributed by atoms with Gasteiger partial charge >= 0.3 is 5.97 Å². The average Bonchev–Trinajstić information content (AvgIpc) is 2.80. The van der Waals surface area contributed by atoms with Crippen molar-refractivity contribution in [3.63, 3.8) is 0 Å². The maximum absolute atomic E-state index is 12.1. The van der Waals surface area contributed by atoms with Crippen molar-refractivity contribution in [3.05, 3.63) is 17.5 Å². The summed E-state index contributed by atoms with van der Waals surface area (Å²) in [7, 11) is 0. The SMILES string of the molecule is CC(C)(/C(=N/C#N)NC1C2CC3CC1CC(C(=O)O)(C3)C2)N1CCN(c2ccnc(Cl)n2)CC1. The Hall–Kier alpha value is -2.44. The molecule has 4 bridgehead atoms. The van der Waals surface area contributed by atoms with Crippen molar-refractivity contribution in [2.24, 2.45) is 28.2 Å². The monoisotopic (exact) mass is 485 g/mol. The minimum atomic E-state index is -0.626. The summed E-state index contributed by atoms with van der Waals surface area (Å²) in [5.41, 5.74) is -0.999. The van der Waals surface area contributed by atoms with Gasteiger partial charge in [0.1, 0.15) is 11.7 Å². The van der Waals surface area contributed by atoms with Crippen LogP contribution < -0.4 is 10.2 Å². The first-order valence-electron chi connectivity index (χ1n) is 12.2. The number of aromatic nitrogens is 2. The molecule has 5 aliphatic rings. The van der Waals surface area contributed by atoms with E-state index >= 15 is 0 Å². The van der Waals surface area contributed by atoms with Gasteiger partial charge in [0, 0.05) is 38.4 Å². The highest BCUT2D eigenvalue weighted by Gasteiger charge is 2.59. The van der Waals surface area contributed by atoms with Crippen LogP contribution in [-0.2, 0) is 4.79 Å². The van der Waals surface area contributed by atoms with Gasteiger partial charge in [-0.15, -0.1) is 0 Å². The predicted molar refractivity (Wildman–Crippen MR) is 129 cm³/mol. The van der Waals surface area contributed by atoms with Gasteiger partial charge in [0.25, 0.3) is 0 Å². The van der Waals surface area contributed by atoms with Gasteiger partial charge in [0.15, 0.2) is 0 Å². The maximum Gasteiger partial charge on any atom is 0.309 e. The molecule has 5 fully saturated rings. The summed E-state index contributed by atoms with van der Waals surface area (Å²) in [5.74, 6) is 2.04. The van der Waals surface area contributed by atoms with Gasteiger partial charge in [-0.2, -0.15) is 10.3 Å². The van der Waals surface area contributed by atoms with Gasteiger partial charge in [-0.05, 0) is 81.4 Å². The Morgan fingerprint density at radius 2 is 1.94 bits per heavy atom. The van der Waals surface area contributed by atoms with E-state index < -0.39 is 16.9 Å². The summed E-state index contributed by atoms with van der Waals surface area (Å²) in [5, 5.41) is 23.4. The highest BCUT2D eigenvalue weighted by molar-refractivity contribution is 6.28. The second-order valence-electron chi connectivity index (χ2n) is 11.0. The zero-order chi connectivity index (χ0) is 24.1. The molecular formula is C24H32ClN7O2. The van der Waals surface area contributed by atoms with Gasteiger partial charge in [0.2, 0.25) is 11.5 Å². The Morgan fingerprint density at radius 3 is 2.53 bits per heavy atom. The van der Waals surface area contributed by atoms with Crippen molar-refractivity contribution in [1.29, 1.82) is 5.26 Å². The van der Waals surface area contributed by atoms with Crippen LogP contribution in [0.5, 0.6) is 0 Å². The van der Waals surface area contributed by atoms with Gasteiger partial charge in [-0.1, -0.05) is 0 Å². The first kappa shape index (κ1) is 23.3. The lowest BCUT2D eigenvalue weighted by Gasteiger charge is -2.59. The number of nitrogens with one attached hydrogen (secondary N) is 1. The average molecular weight is 486 g/mol. The van der Waals surface area contributed by atoms with E-state index in [1.165, 1.54) is 0 Å². The zero-order valence-electron chi connectivity index (χ0n) is 19.7. The molecular weight excluding hydrogens is 454 g/mol. The second kappa shape index (κ2) is 8.65. The molecule has 2 heterocycles. The summed E-state index contributed by atoms with van der Waals surface area (Å²) in [4.78, 5) is 29.2. The number of nitrogens with zero attached hydrogens (tertiary/aromatic N) is 6. The number of carbonyl (C=O) groups is 1.